The van der Waals surface area contributed by atoms with Gasteiger partial charge in [-0.15, -0.1) is 0 Å². The Kier molecular flexibility index (Phi) is 5.46. The van der Waals surface area contributed by atoms with Gasteiger partial charge in [0.2, 0.25) is 0 Å². The van der Waals surface area contributed by atoms with Crippen LogP contribution < -0.4 is 0 Å². The molecule has 136 valence electrons. The molecule has 3 aromatic carbocycles. The molecule has 27 heavy (non-hydrogen) atoms. The predicted octanol–water partition coefficient (Wildman–Crippen LogP) is 4.78. The first-order valence-electron chi connectivity index (χ1n) is 8.74. The Morgan fingerprint density at radius 2 is 1.37 bits per heavy atom. The largest absolute Gasteiger partial charge is 0.465 e. The lowest BCUT2D eigenvalue weighted by Crippen LogP contribution is -2.06. The van der Waals surface area contributed by atoms with Gasteiger partial charge in [0, 0.05) is 24.0 Å². The Balaban J connectivity index is 1.67. The summed E-state index contributed by atoms with van der Waals surface area (Å²) < 4.78 is 4.63. The minimum absolute atomic E-state index is 0.0558. The summed E-state index contributed by atoms with van der Waals surface area (Å²) in [5.41, 5.74) is 2.59. The van der Waals surface area contributed by atoms with Crippen molar-refractivity contribution in [3.63, 3.8) is 0 Å². The van der Waals surface area contributed by atoms with Crippen LogP contribution in [0.5, 0.6) is 0 Å². The van der Waals surface area contributed by atoms with Gasteiger partial charge < -0.3 is 4.74 Å². The number of methoxy groups -OCH3 is 1. The molecule has 0 heterocycles. The summed E-state index contributed by atoms with van der Waals surface area (Å²) in [6.07, 6.45) is 0.275. The van der Waals surface area contributed by atoms with Crippen LogP contribution in [-0.2, 0) is 4.74 Å². The Bertz CT molecular complexity index is 1020. The molecule has 0 aliphatic heterocycles. The number of ether oxygens (including phenoxy) is 1. The van der Waals surface area contributed by atoms with Gasteiger partial charge in [-0.1, -0.05) is 42.5 Å². The van der Waals surface area contributed by atoms with E-state index >= 15 is 0 Å². The minimum atomic E-state index is -0.448. The molecule has 0 saturated carbocycles. The zero-order valence-corrected chi connectivity index (χ0v) is 15.3. The van der Waals surface area contributed by atoms with Gasteiger partial charge in [0.05, 0.1) is 12.7 Å². The normalized spacial score (nSPS) is 10.6. The Morgan fingerprint density at radius 1 is 0.778 bits per heavy atom. The second kappa shape index (κ2) is 7.96. The summed E-state index contributed by atoms with van der Waals surface area (Å²) >= 11 is 0. The molecule has 3 rings (SSSR count). The zero-order valence-electron chi connectivity index (χ0n) is 15.3. The van der Waals surface area contributed by atoms with Gasteiger partial charge >= 0.3 is 5.97 Å². The number of fused-ring (bicyclic) bond motifs is 1. The fraction of sp³-hybridized carbons (Fsp3) is 0.174. The minimum Gasteiger partial charge on any atom is -0.465 e. The fourth-order valence-electron chi connectivity index (χ4n) is 3.03. The van der Waals surface area contributed by atoms with Crippen LogP contribution in [0.2, 0.25) is 0 Å². The van der Waals surface area contributed by atoms with E-state index in [1.807, 2.05) is 37.3 Å². The topological polar surface area (TPSA) is 60.4 Å². The maximum atomic E-state index is 12.5. The molecule has 0 N–H and O–H groups in total. The number of ketones is 2. The van der Waals surface area contributed by atoms with Crippen LogP contribution in [0.3, 0.4) is 0 Å². The van der Waals surface area contributed by atoms with E-state index in [0.29, 0.717) is 16.7 Å². The standard InChI is InChI=1S/C23H20O4/c1-15-4-3-5-16-6-11-19(14-20(15)16)22(25)13-12-21(24)17-7-9-18(10-8-17)23(26)27-2/h3-11,14H,12-13H2,1-2H3. The van der Waals surface area contributed by atoms with E-state index < -0.39 is 5.97 Å². The quantitative estimate of drug-likeness (QED) is 0.469. The van der Waals surface area contributed by atoms with Crippen LogP contribution >= 0.6 is 0 Å². The lowest BCUT2D eigenvalue weighted by Gasteiger charge is -2.06. The van der Waals surface area contributed by atoms with Crippen molar-refractivity contribution in [1.82, 2.24) is 0 Å². The fourth-order valence-corrected chi connectivity index (χ4v) is 3.03. The van der Waals surface area contributed by atoms with Crippen molar-refractivity contribution in [1.29, 1.82) is 0 Å². The lowest BCUT2D eigenvalue weighted by molar-refractivity contribution is 0.0600. The third-order valence-corrected chi connectivity index (χ3v) is 4.63. The number of benzene rings is 3. The zero-order chi connectivity index (χ0) is 19.4. The van der Waals surface area contributed by atoms with E-state index in [-0.39, 0.29) is 24.4 Å². The maximum Gasteiger partial charge on any atom is 0.337 e. The predicted molar refractivity (Wildman–Crippen MR) is 104 cm³/mol. The molecule has 3 aromatic rings. The number of esters is 1. The third kappa shape index (κ3) is 4.11. The van der Waals surface area contributed by atoms with Crippen molar-refractivity contribution >= 4 is 28.3 Å². The van der Waals surface area contributed by atoms with Crippen molar-refractivity contribution in [2.45, 2.75) is 19.8 Å². The number of carbonyl (C=O) groups is 3. The molecule has 4 heteroatoms. The highest BCUT2D eigenvalue weighted by molar-refractivity contribution is 6.04. The number of hydrogen-bond donors (Lipinski definition) is 0. The molecule has 0 unspecified atom stereocenters. The second-order valence-electron chi connectivity index (χ2n) is 6.43. The number of aryl methyl sites for hydroxylation is 1. The molecule has 0 saturated heterocycles. The Hall–Kier alpha value is -3.27. The molecule has 4 nitrogen and oxygen atoms in total. The molecule has 0 amide bonds. The maximum absolute atomic E-state index is 12.5. The van der Waals surface area contributed by atoms with E-state index in [1.54, 1.807) is 30.3 Å². The number of rotatable bonds is 6. The van der Waals surface area contributed by atoms with E-state index in [9.17, 15) is 14.4 Å². The third-order valence-electron chi connectivity index (χ3n) is 4.63. The first-order valence-corrected chi connectivity index (χ1v) is 8.74. The molecule has 0 radical (unpaired) electrons. The summed E-state index contributed by atoms with van der Waals surface area (Å²) in [6, 6.07) is 17.9. The SMILES string of the molecule is COC(=O)c1ccc(C(=O)CCC(=O)c2ccc3cccc(C)c3c2)cc1. The van der Waals surface area contributed by atoms with Crippen LogP contribution in [-0.4, -0.2) is 24.6 Å². The lowest BCUT2D eigenvalue weighted by atomic mass is 9.97. The number of Topliss-reactive ketones (excluding diaryl/α,β-unsaturated/α-hetero) is 2. The van der Waals surface area contributed by atoms with Gasteiger partial charge in [0.1, 0.15) is 0 Å². The van der Waals surface area contributed by atoms with Crippen molar-refractivity contribution in [2.24, 2.45) is 0 Å². The summed E-state index contributed by atoms with van der Waals surface area (Å²) in [5, 5.41) is 2.14. The van der Waals surface area contributed by atoms with Crippen LogP contribution in [0.4, 0.5) is 0 Å². The van der Waals surface area contributed by atoms with E-state index in [4.69, 9.17) is 0 Å². The molecule has 0 aliphatic carbocycles. The molecular formula is C23H20O4. The average molecular weight is 360 g/mol. The molecular weight excluding hydrogens is 340 g/mol. The van der Waals surface area contributed by atoms with Crippen molar-refractivity contribution in [3.8, 4) is 0 Å². The Labute approximate surface area is 157 Å². The molecule has 0 fully saturated rings. The highest BCUT2D eigenvalue weighted by Gasteiger charge is 2.13. The summed E-state index contributed by atoms with van der Waals surface area (Å²) in [4.78, 5) is 36.3. The van der Waals surface area contributed by atoms with Gasteiger partial charge in [0.15, 0.2) is 11.6 Å². The van der Waals surface area contributed by atoms with Gasteiger partial charge in [0.25, 0.3) is 0 Å². The van der Waals surface area contributed by atoms with Crippen molar-refractivity contribution in [3.05, 3.63) is 82.9 Å². The van der Waals surface area contributed by atoms with Gasteiger partial charge in [-0.05, 0) is 41.5 Å². The van der Waals surface area contributed by atoms with Crippen molar-refractivity contribution in [2.75, 3.05) is 7.11 Å². The summed E-state index contributed by atoms with van der Waals surface area (Å²) in [5.74, 6) is -0.632. The smallest absolute Gasteiger partial charge is 0.337 e. The monoisotopic (exact) mass is 360 g/mol. The van der Waals surface area contributed by atoms with Crippen LogP contribution in [0.15, 0.2) is 60.7 Å². The second-order valence-corrected chi connectivity index (χ2v) is 6.43. The van der Waals surface area contributed by atoms with Crippen LogP contribution in [0, 0.1) is 6.92 Å². The van der Waals surface area contributed by atoms with Gasteiger partial charge in [-0.3, -0.25) is 9.59 Å². The van der Waals surface area contributed by atoms with E-state index in [1.165, 1.54) is 7.11 Å². The first kappa shape index (κ1) is 18.5. The molecule has 0 atom stereocenters. The highest BCUT2D eigenvalue weighted by atomic mass is 16.5. The molecule has 0 aliphatic rings. The van der Waals surface area contributed by atoms with E-state index in [0.717, 1.165) is 16.3 Å². The van der Waals surface area contributed by atoms with Gasteiger partial charge in [-0.25, -0.2) is 4.79 Å². The summed E-state index contributed by atoms with van der Waals surface area (Å²) in [7, 11) is 1.31. The van der Waals surface area contributed by atoms with Gasteiger partial charge in [-0.2, -0.15) is 0 Å². The highest BCUT2D eigenvalue weighted by Crippen LogP contribution is 2.21. The van der Waals surface area contributed by atoms with E-state index in [2.05, 4.69) is 4.74 Å². The van der Waals surface area contributed by atoms with Crippen LogP contribution in [0.1, 0.15) is 49.5 Å². The Morgan fingerprint density at radius 3 is 2.04 bits per heavy atom. The number of carbonyl (C=O) groups excluding carboxylic acids is 3. The number of hydrogen-bond acceptors (Lipinski definition) is 4. The summed E-state index contributed by atoms with van der Waals surface area (Å²) in [6.45, 7) is 2.01. The molecule has 0 aromatic heterocycles. The molecule has 0 spiro atoms. The first-order chi connectivity index (χ1) is 13.0. The molecule has 0 bridgehead atoms. The average Bonchev–Trinajstić information content (AvgIpc) is 2.71. The van der Waals surface area contributed by atoms with Crippen molar-refractivity contribution < 1.29 is 19.1 Å². The van der Waals surface area contributed by atoms with Crippen LogP contribution in [0.25, 0.3) is 10.8 Å².